The third-order valence-electron chi connectivity index (χ3n) is 3.01. The van der Waals surface area contributed by atoms with Gasteiger partial charge in [-0.3, -0.25) is 0 Å². The molecule has 0 aliphatic rings. The van der Waals surface area contributed by atoms with Crippen LogP contribution >= 0.6 is 15.9 Å². The van der Waals surface area contributed by atoms with E-state index in [1.807, 2.05) is 6.92 Å². The van der Waals surface area contributed by atoms with Crippen molar-refractivity contribution in [3.8, 4) is 0 Å². The van der Waals surface area contributed by atoms with Gasteiger partial charge in [-0.1, -0.05) is 22.9 Å². The molecule has 1 rings (SSSR count). The molecule has 0 aliphatic heterocycles. The Hall–Kier alpha value is -0.450. The topological polar surface area (TPSA) is 21.3 Å². The summed E-state index contributed by atoms with van der Waals surface area (Å²) in [4.78, 5) is 0. The minimum absolute atomic E-state index is 0.178. The van der Waals surface area contributed by atoms with Crippen molar-refractivity contribution in [1.29, 1.82) is 0 Å². The van der Waals surface area contributed by atoms with E-state index < -0.39 is 0 Å². The van der Waals surface area contributed by atoms with Gasteiger partial charge >= 0.3 is 0 Å². The first-order valence-electron chi connectivity index (χ1n) is 6.92. The number of hydrogen-bond acceptors (Lipinski definition) is 2. The summed E-state index contributed by atoms with van der Waals surface area (Å²) in [6.07, 6.45) is 2.90. The zero-order valence-corrected chi connectivity index (χ0v) is 13.3. The predicted molar refractivity (Wildman–Crippen MR) is 81.0 cm³/mol. The van der Waals surface area contributed by atoms with Crippen LogP contribution < -0.4 is 5.32 Å². The van der Waals surface area contributed by atoms with E-state index >= 15 is 0 Å². The predicted octanol–water partition coefficient (Wildman–Crippen LogP) is 3.93. The smallest absolute Gasteiger partial charge is 0.123 e. The van der Waals surface area contributed by atoms with Crippen molar-refractivity contribution in [3.63, 3.8) is 0 Å². The van der Waals surface area contributed by atoms with Crippen LogP contribution in [0.15, 0.2) is 22.7 Å². The molecule has 108 valence electrons. The summed E-state index contributed by atoms with van der Waals surface area (Å²) in [7, 11) is 0. The zero-order valence-electron chi connectivity index (χ0n) is 11.7. The first kappa shape index (κ1) is 16.6. The molecule has 4 heteroatoms. The van der Waals surface area contributed by atoms with Gasteiger partial charge in [0.2, 0.25) is 0 Å². The maximum absolute atomic E-state index is 13.3. The van der Waals surface area contributed by atoms with Crippen molar-refractivity contribution in [3.05, 3.63) is 34.1 Å². The summed E-state index contributed by atoms with van der Waals surface area (Å²) in [6, 6.07) is 5.22. The van der Waals surface area contributed by atoms with Crippen molar-refractivity contribution in [2.45, 2.75) is 39.2 Å². The van der Waals surface area contributed by atoms with E-state index in [-0.39, 0.29) is 5.82 Å². The lowest BCUT2D eigenvalue weighted by Gasteiger charge is -2.18. The Kier molecular flexibility index (Phi) is 8.26. The van der Waals surface area contributed by atoms with Crippen molar-refractivity contribution in [1.82, 2.24) is 5.32 Å². The highest BCUT2D eigenvalue weighted by Crippen LogP contribution is 2.20. The van der Waals surface area contributed by atoms with E-state index in [9.17, 15) is 4.39 Å². The van der Waals surface area contributed by atoms with E-state index in [2.05, 4.69) is 28.2 Å². The zero-order chi connectivity index (χ0) is 14.1. The fourth-order valence-corrected chi connectivity index (χ4v) is 2.51. The van der Waals surface area contributed by atoms with Gasteiger partial charge in [0.1, 0.15) is 5.82 Å². The largest absolute Gasteiger partial charge is 0.382 e. The van der Waals surface area contributed by atoms with E-state index in [1.54, 1.807) is 12.1 Å². The molecule has 1 aromatic rings. The molecule has 1 N–H and O–H groups in total. The van der Waals surface area contributed by atoms with Crippen molar-refractivity contribution < 1.29 is 9.13 Å². The van der Waals surface area contributed by atoms with Gasteiger partial charge in [-0.25, -0.2) is 4.39 Å². The SMILES string of the molecule is CCNC(CCCOCC)Cc1cc(F)ccc1Br. The molecule has 1 atom stereocenters. The van der Waals surface area contributed by atoms with Crippen LogP contribution in [0.2, 0.25) is 0 Å². The number of ether oxygens (including phenoxy) is 1. The van der Waals surface area contributed by atoms with Crippen LogP contribution in [-0.2, 0) is 11.2 Å². The molecule has 0 aromatic heterocycles. The lowest BCUT2D eigenvalue weighted by Crippen LogP contribution is -2.31. The Morgan fingerprint density at radius 1 is 1.37 bits per heavy atom. The molecule has 0 saturated carbocycles. The van der Waals surface area contributed by atoms with Gasteiger partial charge in [-0.2, -0.15) is 0 Å². The second kappa shape index (κ2) is 9.45. The minimum atomic E-state index is -0.178. The molecule has 0 amide bonds. The van der Waals surface area contributed by atoms with Crippen LogP contribution in [0.25, 0.3) is 0 Å². The van der Waals surface area contributed by atoms with Gasteiger partial charge in [0.05, 0.1) is 0 Å². The molecule has 0 radical (unpaired) electrons. The summed E-state index contributed by atoms with van der Waals surface area (Å²) in [6.45, 7) is 6.58. The molecule has 1 unspecified atom stereocenters. The molecular formula is C15H23BrFNO. The molecule has 0 bridgehead atoms. The van der Waals surface area contributed by atoms with Crippen LogP contribution in [0.1, 0.15) is 32.3 Å². The van der Waals surface area contributed by atoms with Crippen molar-refractivity contribution >= 4 is 15.9 Å². The van der Waals surface area contributed by atoms with Gasteiger partial charge in [-0.15, -0.1) is 0 Å². The van der Waals surface area contributed by atoms with Crippen molar-refractivity contribution in [2.24, 2.45) is 0 Å². The third-order valence-corrected chi connectivity index (χ3v) is 3.79. The van der Waals surface area contributed by atoms with Crippen molar-refractivity contribution in [2.75, 3.05) is 19.8 Å². The van der Waals surface area contributed by atoms with Gasteiger partial charge in [0, 0.05) is 23.7 Å². The second-order valence-corrected chi connectivity index (χ2v) is 5.39. The first-order chi connectivity index (χ1) is 9.17. The Bertz CT molecular complexity index is 373. The molecule has 0 heterocycles. The molecule has 0 spiro atoms. The first-order valence-corrected chi connectivity index (χ1v) is 7.71. The van der Waals surface area contributed by atoms with E-state index in [0.717, 1.165) is 49.1 Å². The number of rotatable bonds is 9. The number of hydrogen-bond donors (Lipinski definition) is 1. The fourth-order valence-electron chi connectivity index (χ4n) is 2.11. The summed E-state index contributed by atoms with van der Waals surface area (Å²) in [5.74, 6) is -0.178. The summed E-state index contributed by atoms with van der Waals surface area (Å²) in [5.41, 5.74) is 1.02. The van der Waals surface area contributed by atoms with Crippen LogP contribution in [0.3, 0.4) is 0 Å². The van der Waals surface area contributed by atoms with Gasteiger partial charge < -0.3 is 10.1 Å². The molecule has 0 saturated heterocycles. The fraction of sp³-hybridized carbons (Fsp3) is 0.600. The Labute approximate surface area is 123 Å². The Balaban J connectivity index is 2.54. The molecule has 19 heavy (non-hydrogen) atoms. The summed E-state index contributed by atoms with van der Waals surface area (Å²) >= 11 is 3.48. The minimum Gasteiger partial charge on any atom is -0.382 e. The highest BCUT2D eigenvalue weighted by molar-refractivity contribution is 9.10. The monoisotopic (exact) mass is 331 g/mol. The van der Waals surface area contributed by atoms with Crippen LogP contribution in [-0.4, -0.2) is 25.8 Å². The molecular weight excluding hydrogens is 309 g/mol. The van der Waals surface area contributed by atoms with E-state index in [1.165, 1.54) is 6.07 Å². The van der Waals surface area contributed by atoms with Crippen LogP contribution in [0, 0.1) is 5.82 Å². The second-order valence-electron chi connectivity index (χ2n) is 4.53. The lowest BCUT2D eigenvalue weighted by molar-refractivity contribution is 0.141. The van der Waals surface area contributed by atoms with Gasteiger partial charge in [0.15, 0.2) is 0 Å². The van der Waals surface area contributed by atoms with Crippen LogP contribution in [0.5, 0.6) is 0 Å². The highest BCUT2D eigenvalue weighted by atomic mass is 79.9. The van der Waals surface area contributed by atoms with E-state index in [0.29, 0.717) is 6.04 Å². The Morgan fingerprint density at radius 2 is 2.16 bits per heavy atom. The average molecular weight is 332 g/mol. The normalized spacial score (nSPS) is 12.6. The number of likely N-dealkylation sites (N-methyl/N-ethyl adjacent to an activating group) is 1. The molecule has 2 nitrogen and oxygen atoms in total. The quantitative estimate of drug-likeness (QED) is 0.692. The average Bonchev–Trinajstić information content (AvgIpc) is 2.39. The third kappa shape index (κ3) is 6.50. The molecule has 1 aromatic carbocycles. The lowest BCUT2D eigenvalue weighted by atomic mass is 10.0. The van der Waals surface area contributed by atoms with Crippen LogP contribution in [0.4, 0.5) is 4.39 Å². The summed E-state index contributed by atoms with van der Waals surface area (Å²) in [5, 5.41) is 3.46. The maximum Gasteiger partial charge on any atom is 0.123 e. The number of benzene rings is 1. The maximum atomic E-state index is 13.3. The number of halogens is 2. The van der Waals surface area contributed by atoms with E-state index in [4.69, 9.17) is 4.74 Å². The van der Waals surface area contributed by atoms with Gasteiger partial charge in [-0.05, 0) is 56.5 Å². The Morgan fingerprint density at radius 3 is 2.84 bits per heavy atom. The number of nitrogens with one attached hydrogen (secondary N) is 1. The molecule has 0 fully saturated rings. The standard InChI is InChI=1S/C15H23BrFNO/c1-3-18-14(6-5-9-19-4-2)11-12-10-13(17)7-8-15(12)16/h7-8,10,14,18H,3-6,9,11H2,1-2H3. The van der Waals surface area contributed by atoms with Gasteiger partial charge in [0.25, 0.3) is 0 Å². The summed E-state index contributed by atoms with van der Waals surface area (Å²) < 4.78 is 19.6. The molecule has 0 aliphatic carbocycles. The highest BCUT2D eigenvalue weighted by Gasteiger charge is 2.11.